The molecule has 0 bridgehead atoms. The second kappa shape index (κ2) is 10.7. The molecule has 3 rings (SSSR count). The lowest BCUT2D eigenvalue weighted by Crippen LogP contribution is -2.57. The smallest absolute Gasteiger partial charge is 0.217 e. The number of benzene rings is 1. The van der Waals surface area contributed by atoms with Crippen LogP contribution in [-0.2, 0) is 16.1 Å². The highest BCUT2D eigenvalue weighted by atomic mass is 32.1. The van der Waals surface area contributed by atoms with Crippen LogP contribution in [0.5, 0.6) is 0 Å². The fourth-order valence-corrected chi connectivity index (χ4v) is 4.53. The lowest BCUT2D eigenvalue weighted by atomic mass is 9.92. The number of ether oxygens (including phenoxy) is 1. The molecule has 1 aromatic heterocycles. The van der Waals surface area contributed by atoms with Gasteiger partial charge in [-0.3, -0.25) is 4.79 Å². The molecule has 4 nitrogen and oxygen atoms in total. The number of amides is 1. The van der Waals surface area contributed by atoms with Gasteiger partial charge in [-0.05, 0) is 41.8 Å². The average molecular weight is 413 g/mol. The maximum atomic E-state index is 11.8. The van der Waals surface area contributed by atoms with E-state index in [0.29, 0.717) is 0 Å². The molecule has 0 saturated heterocycles. The third-order valence-corrected chi connectivity index (χ3v) is 6.38. The molecule has 0 unspecified atom stereocenters. The number of carbonyl (C=O) groups is 1. The van der Waals surface area contributed by atoms with Gasteiger partial charge in [0.1, 0.15) is 0 Å². The molecule has 2 N–H and O–H groups in total. The first-order chi connectivity index (χ1) is 14.1. The van der Waals surface area contributed by atoms with E-state index >= 15 is 0 Å². The van der Waals surface area contributed by atoms with Crippen molar-refractivity contribution in [2.24, 2.45) is 0 Å². The van der Waals surface area contributed by atoms with Crippen molar-refractivity contribution in [2.75, 3.05) is 0 Å². The summed E-state index contributed by atoms with van der Waals surface area (Å²) in [5, 5.41) is 8.87. The summed E-state index contributed by atoms with van der Waals surface area (Å²) >= 11 is 1.76. The minimum atomic E-state index is -0.101. The van der Waals surface area contributed by atoms with Crippen LogP contribution < -0.4 is 10.6 Å². The quantitative estimate of drug-likeness (QED) is 0.575. The number of nitrogens with one attached hydrogen (secondary N) is 2. The van der Waals surface area contributed by atoms with Crippen LogP contribution >= 0.6 is 11.3 Å². The first kappa shape index (κ1) is 21.8. The SMILES string of the molecule is CCC(CC)O[C@@H]1C=CC[C@H](NCc2ccc(-c3cccs3)cc2)[C@H]1NC(C)=O. The minimum absolute atomic E-state index is 0.0180. The topological polar surface area (TPSA) is 50.4 Å². The number of hydrogen-bond donors (Lipinski definition) is 2. The van der Waals surface area contributed by atoms with Gasteiger partial charge < -0.3 is 15.4 Å². The van der Waals surface area contributed by atoms with E-state index in [2.05, 4.69) is 78.4 Å². The summed E-state index contributed by atoms with van der Waals surface area (Å²) < 4.78 is 6.30. The Balaban J connectivity index is 1.64. The molecule has 1 aromatic carbocycles. The first-order valence-corrected chi connectivity index (χ1v) is 11.4. The summed E-state index contributed by atoms with van der Waals surface area (Å²) in [5.74, 6) is -0.0180. The zero-order valence-electron chi connectivity index (χ0n) is 17.6. The van der Waals surface area contributed by atoms with Crippen molar-refractivity contribution >= 4 is 17.2 Å². The van der Waals surface area contributed by atoms with Gasteiger partial charge in [0, 0.05) is 24.4 Å². The molecule has 0 aliphatic heterocycles. The van der Waals surface area contributed by atoms with Gasteiger partial charge in [-0.2, -0.15) is 0 Å². The molecule has 0 spiro atoms. The molecule has 1 amide bonds. The average Bonchev–Trinajstić information content (AvgIpc) is 3.27. The number of carbonyl (C=O) groups excluding carboxylic acids is 1. The fraction of sp³-hybridized carbons (Fsp3) is 0.458. The Kier molecular flexibility index (Phi) is 8.04. The first-order valence-electron chi connectivity index (χ1n) is 10.6. The van der Waals surface area contributed by atoms with E-state index in [1.165, 1.54) is 16.0 Å². The second-order valence-corrected chi connectivity index (χ2v) is 8.54. The maximum Gasteiger partial charge on any atom is 0.217 e. The summed E-state index contributed by atoms with van der Waals surface area (Å²) in [6.07, 6.45) is 7.21. The standard InChI is InChI=1S/C24H32N2O2S/c1-4-20(5-2)28-22-9-6-8-21(24(22)26-17(3)27)25-16-18-11-13-19(14-12-18)23-10-7-15-29-23/h6-7,9-15,20-22,24-25H,4-5,8,16H2,1-3H3,(H,26,27)/t21-,22+,24+/m0/s1. The van der Waals surface area contributed by atoms with Gasteiger partial charge in [0.2, 0.25) is 5.91 Å². The highest BCUT2D eigenvalue weighted by Crippen LogP contribution is 2.25. The van der Waals surface area contributed by atoms with Gasteiger partial charge >= 0.3 is 0 Å². The van der Waals surface area contributed by atoms with E-state index in [-0.39, 0.29) is 30.2 Å². The Morgan fingerprint density at radius 1 is 1.21 bits per heavy atom. The van der Waals surface area contributed by atoms with Gasteiger partial charge in [0.15, 0.2) is 0 Å². The summed E-state index contributed by atoms with van der Waals surface area (Å²) in [6, 6.07) is 13.0. The molecular formula is C24H32N2O2S. The van der Waals surface area contributed by atoms with Gasteiger partial charge in [0.25, 0.3) is 0 Å². The second-order valence-electron chi connectivity index (χ2n) is 7.59. The normalized spacial score (nSPS) is 21.4. The van der Waals surface area contributed by atoms with E-state index in [0.717, 1.165) is 25.8 Å². The molecule has 1 heterocycles. The van der Waals surface area contributed by atoms with Gasteiger partial charge in [-0.25, -0.2) is 0 Å². The largest absolute Gasteiger partial charge is 0.369 e. The summed E-state index contributed by atoms with van der Waals surface area (Å²) in [5.41, 5.74) is 2.48. The summed E-state index contributed by atoms with van der Waals surface area (Å²) in [7, 11) is 0. The van der Waals surface area contributed by atoms with Crippen LogP contribution in [0.25, 0.3) is 10.4 Å². The van der Waals surface area contributed by atoms with E-state index in [1.807, 2.05) is 0 Å². The lowest BCUT2D eigenvalue weighted by molar-refractivity contribution is -0.121. The molecule has 5 heteroatoms. The molecule has 29 heavy (non-hydrogen) atoms. The summed E-state index contributed by atoms with van der Waals surface area (Å²) in [6.45, 7) is 6.62. The van der Waals surface area contributed by atoms with Gasteiger partial charge in [-0.1, -0.05) is 56.3 Å². The van der Waals surface area contributed by atoms with Crippen molar-refractivity contribution in [3.8, 4) is 10.4 Å². The predicted molar refractivity (Wildman–Crippen MR) is 121 cm³/mol. The van der Waals surface area contributed by atoms with Crippen LogP contribution in [0.4, 0.5) is 0 Å². The van der Waals surface area contributed by atoms with Crippen LogP contribution in [0, 0.1) is 0 Å². The zero-order valence-corrected chi connectivity index (χ0v) is 18.4. The predicted octanol–water partition coefficient (Wildman–Crippen LogP) is 4.91. The third-order valence-electron chi connectivity index (χ3n) is 5.46. The third kappa shape index (κ3) is 6.01. The van der Waals surface area contributed by atoms with Crippen LogP contribution in [0.1, 0.15) is 45.6 Å². The van der Waals surface area contributed by atoms with Crippen molar-refractivity contribution in [2.45, 2.75) is 70.9 Å². The maximum absolute atomic E-state index is 11.8. The van der Waals surface area contributed by atoms with Crippen LogP contribution in [0.2, 0.25) is 0 Å². The Hall–Kier alpha value is -1.95. The summed E-state index contributed by atoms with van der Waals surface area (Å²) in [4.78, 5) is 13.1. The van der Waals surface area contributed by atoms with Crippen molar-refractivity contribution < 1.29 is 9.53 Å². The van der Waals surface area contributed by atoms with Crippen LogP contribution in [0.3, 0.4) is 0 Å². The van der Waals surface area contributed by atoms with Crippen molar-refractivity contribution in [1.82, 2.24) is 10.6 Å². The highest BCUT2D eigenvalue weighted by molar-refractivity contribution is 7.13. The van der Waals surface area contributed by atoms with E-state index < -0.39 is 0 Å². The number of hydrogen-bond acceptors (Lipinski definition) is 4. The van der Waals surface area contributed by atoms with Gasteiger partial charge in [-0.15, -0.1) is 11.3 Å². The van der Waals surface area contributed by atoms with Crippen LogP contribution in [-0.4, -0.2) is 30.2 Å². The number of thiophene rings is 1. The van der Waals surface area contributed by atoms with Crippen molar-refractivity contribution in [3.05, 3.63) is 59.5 Å². The molecular weight excluding hydrogens is 380 g/mol. The van der Waals surface area contributed by atoms with Crippen molar-refractivity contribution in [3.63, 3.8) is 0 Å². The molecule has 0 radical (unpaired) electrons. The highest BCUT2D eigenvalue weighted by Gasteiger charge is 2.32. The molecule has 1 aliphatic rings. The fourth-order valence-electron chi connectivity index (χ4n) is 3.79. The van der Waals surface area contributed by atoms with E-state index in [4.69, 9.17) is 4.74 Å². The monoisotopic (exact) mass is 412 g/mol. The molecule has 3 atom stereocenters. The Morgan fingerprint density at radius 3 is 2.59 bits per heavy atom. The number of rotatable bonds is 9. The lowest BCUT2D eigenvalue weighted by Gasteiger charge is -2.37. The Morgan fingerprint density at radius 2 is 1.97 bits per heavy atom. The zero-order chi connectivity index (χ0) is 20.6. The Labute approximate surface area is 178 Å². The molecule has 0 fully saturated rings. The molecule has 2 aromatic rings. The molecule has 156 valence electrons. The minimum Gasteiger partial charge on any atom is -0.369 e. The molecule has 1 aliphatic carbocycles. The van der Waals surface area contributed by atoms with Crippen LogP contribution in [0.15, 0.2) is 53.9 Å². The van der Waals surface area contributed by atoms with Gasteiger partial charge in [0.05, 0.1) is 18.2 Å². The van der Waals surface area contributed by atoms with E-state index in [1.54, 1.807) is 18.3 Å². The Bertz CT molecular complexity index is 782. The van der Waals surface area contributed by atoms with E-state index in [9.17, 15) is 4.79 Å². The van der Waals surface area contributed by atoms with Crippen molar-refractivity contribution in [1.29, 1.82) is 0 Å². The molecule has 0 saturated carbocycles.